The number of phosphoric ester groups is 1. The van der Waals surface area contributed by atoms with E-state index in [2.05, 4.69) is 25.8 Å². The number of likely N-dealkylation sites (tertiary alicyclic amines) is 1. The highest BCUT2D eigenvalue weighted by Gasteiger charge is 2.38. The molecule has 4 amide bonds. The Labute approximate surface area is 442 Å². The van der Waals surface area contributed by atoms with Gasteiger partial charge >= 0.3 is 19.8 Å². The van der Waals surface area contributed by atoms with Gasteiger partial charge in [-0.05, 0) is 95.5 Å². The Morgan fingerprint density at radius 1 is 1.04 bits per heavy atom. The summed E-state index contributed by atoms with van der Waals surface area (Å²) in [6, 6.07) is 2.70. The van der Waals surface area contributed by atoms with Crippen LogP contribution in [0.4, 0.5) is 5.69 Å². The molecule has 1 aliphatic heterocycles. The van der Waals surface area contributed by atoms with Crippen LogP contribution in [0.25, 0.3) is 0 Å². The number of aliphatic carboxylic acids is 1. The number of carboxylic acid groups (broad SMARTS) is 1. The fourth-order valence-corrected chi connectivity index (χ4v) is 12.6. The summed E-state index contributed by atoms with van der Waals surface area (Å²) in [5.41, 5.74) is 0.403. The van der Waals surface area contributed by atoms with Crippen LogP contribution in [0.2, 0.25) is 0 Å². The lowest BCUT2D eigenvalue weighted by atomic mass is 9.83. The number of benzene rings is 1. The summed E-state index contributed by atoms with van der Waals surface area (Å²) in [7, 11) is 3.37. The number of thiazole rings is 1. The predicted molar refractivity (Wildman–Crippen MR) is 286 cm³/mol. The number of carbonyl (C=O) groups is 7. The number of rotatable bonds is 31. The SMILES string of the molecule is CC[C@H](C)[C@H](CC(=O)C1CCCCN1C)C(=O)N(C)[C@H](C[C@@H](OC(C)=O)c1nc(C(=O)N[C@@H](Cc2ccc(OP(=O)(O)O)c(NC(=O)CCCSSC(C)(C)CCC(=O)NC)c2)CC(C)C(=O)O)cs1)C(C)C. The van der Waals surface area contributed by atoms with Gasteiger partial charge in [0.2, 0.25) is 17.7 Å². The Bertz CT molecular complexity index is 2240. The second kappa shape index (κ2) is 29.9. The number of nitrogens with zero attached hydrogens (tertiary/aromatic N) is 3. The van der Waals surface area contributed by atoms with Crippen molar-refractivity contribution in [3.8, 4) is 5.75 Å². The lowest BCUT2D eigenvalue weighted by molar-refractivity contribution is -0.149. The van der Waals surface area contributed by atoms with Crippen molar-refractivity contribution in [3.63, 3.8) is 0 Å². The zero-order chi connectivity index (χ0) is 54.8. The largest absolute Gasteiger partial charge is 0.524 e. The fraction of sp³-hybridized carbons (Fsp3) is 0.680. The molecular formula is C50H79N6O13PS3. The van der Waals surface area contributed by atoms with Gasteiger partial charge in [-0.1, -0.05) is 75.1 Å². The van der Waals surface area contributed by atoms with Crippen molar-refractivity contribution in [2.24, 2.45) is 23.7 Å². The van der Waals surface area contributed by atoms with Crippen molar-refractivity contribution < 1.29 is 62.3 Å². The summed E-state index contributed by atoms with van der Waals surface area (Å²) in [6.45, 7) is 15.6. The van der Waals surface area contributed by atoms with E-state index in [-0.39, 0.29) is 89.5 Å². The number of carboxylic acids is 1. The zero-order valence-corrected chi connectivity index (χ0v) is 47.6. The number of hydrogen-bond donors (Lipinski definition) is 6. The number of piperidine rings is 1. The Hall–Kier alpha value is -4.05. The molecule has 2 heterocycles. The van der Waals surface area contributed by atoms with Crippen molar-refractivity contribution in [1.82, 2.24) is 25.4 Å². The van der Waals surface area contributed by atoms with Crippen molar-refractivity contribution >= 4 is 87.8 Å². The molecule has 1 fully saturated rings. The van der Waals surface area contributed by atoms with Crippen molar-refractivity contribution in [3.05, 3.63) is 39.8 Å². The Morgan fingerprint density at radius 2 is 1.74 bits per heavy atom. The lowest BCUT2D eigenvalue weighted by Gasteiger charge is -2.37. The molecule has 410 valence electrons. The standard InChI is InChI=1S/C50H79N6O13PS3/c1-12-31(4)36(27-41(58)39-16-13-14-22-55(39)10)48(62)56(11)40(30(2)3)28-43(68-33(6)57)47-54-38(29-71-47)46(61)52-35(24-32(5)49(63)64)25-34-18-19-42(69-70(65,66)67)37(26-34)53-45(60)17-15-23-72-73-50(7,8)21-20-44(59)51-9/h18-19,26,29-32,35-36,39-40,43H,12-17,20-25,27-28H2,1-11H3,(H,51,59)(H,52,61)(H,53,60)(H,63,64)(H2,65,66,67)/t31-,32?,35+,36-,39?,40+,43+/m0/s1. The molecule has 1 aliphatic rings. The normalized spacial score (nSPS) is 16.8. The molecule has 3 rings (SSSR count). The first kappa shape index (κ1) is 63.2. The van der Waals surface area contributed by atoms with Gasteiger partial charge in [-0.25, -0.2) is 9.55 Å². The number of hydrogen-bond acceptors (Lipinski definition) is 15. The third kappa shape index (κ3) is 21.6. The summed E-state index contributed by atoms with van der Waals surface area (Å²) in [6.07, 6.45) is 4.37. The van der Waals surface area contributed by atoms with Crippen LogP contribution in [0.5, 0.6) is 5.75 Å². The number of carbonyl (C=O) groups excluding carboxylic acids is 6. The van der Waals surface area contributed by atoms with Crippen molar-refractivity contribution in [2.75, 3.05) is 38.8 Å². The van der Waals surface area contributed by atoms with Gasteiger partial charge in [0.15, 0.2) is 17.6 Å². The molecule has 0 bridgehead atoms. The average Bonchev–Trinajstić information content (AvgIpc) is 3.81. The van der Waals surface area contributed by atoms with Gasteiger partial charge < -0.3 is 35.2 Å². The molecule has 7 atom stereocenters. The first-order valence-corrected chi connectivity index (χ1v) is 29.7. The minimum Gasteiger partial charge on any atom is -0.481 e. The summed E-state index contributed by atoms with van der Waals surface area (Å²) < 4.78 is 22.5. The molecule has 2 aromatic rings. The molecule has 0 saturated carbocycles. The van der Waals surface area contributed by atoms with E-state index in [1.54, 1.807) is 40.6 Å². The van der Waals surface area contributed by atoms with E-state index in [0.29, 0.717) is 42.0 Å². The number of aromatic nitrogens is 1. The molecule has 0 spiro atoms. The maximum absolute atomic E-state index is 14.4. The highest BCUT2D eigenvalue weighted by molar-refractivity contribution is 8.77. The maximum Gasteiger partial charge on any atom is 0.524 e. The number of amides is 4. The topological polar surface area (TPSA) is 271 Å². The van der Waals surface area contributed by atoms with Crippen molar-refractivity contribution in [1.29, 1.82) is 0 Å². The maximum atomic E-state index is 14.4. The number of anilines is 1. The first-order valence-electron chi connectivity index (χ1n) is 25.0. The van der Waals surface area contributed by atoms with E-state index in [4.69, 9.17) is 9.26 Å². The number of Topliss-reactive ketones (excluding diaryl/α,β-unsaturated/α-hetero) is 1. The molecule has 73 heavy (non-hydrogen) atoms. The number of phosphoric acid groups is 1. The first-order chi connectivity index (χ1) is 34.1. The van der Waals surface area contributed by atoms with E-state index in [9.17, 15) is 53.0 Å². The molecular weight excluding hydrogens is 1020 g/mol. The highest BCUT2D eigenvalue weighted by Crippen LogP contribution is 2.42. The summed E-state index contributed by atoms with van der Waals surface area (Å²) in [5.74, 6) is -4.29. The van der Waals surface area contributed by atoms with E-state index < -0.39 is 61.6 Å². The van der Waals surface area contributed by atoms with Crippen LogP contribution < -0.4 is 20.5 Å². The molecule has 1 aromatic heterocycles. The predicted octanol–water partition coefficient (Wildman–Crippen LogP) is 8.05. The Morgan fingerprint density at radius 3 is 2.34 bits per heavy atom. The highest BCUT2D eigenvalue weighted by atomic mass is 33.1. The number of nitrogens with one attached hydrogen (secondary N) is 3. The van der Waals surface area contributed by atoms with Gasteiger partial charge in [0.25, 0.3) is 5.91 Å². The second-order valence-electron chi connectivity index (χ2n) is 20.1. The van der Waals surface area contributed by atoms with Crippen LogP contribution in [0, 0.1) is 23.7 Å². The van der Waals surface area contributed by atoms with E-state index >= 15 is 0 Å². The average molecular weight is 1100 g/mol. The lowest BCUT2D eigenvalue weighted by Crippen LogP contribution is -2.48. The number of ether oxygens (including phenoxy) is 1. The second-order valence-corrected chi connectivity index (χ2v) is 25.2. The minimum atomic E-state index is -5.07. The molecule has 1 aromatic carbocycles. The molecule has 23 heteroatoms. The zero-order valence-electron chi connectivity index (χ0n) is 44.3. The Kier molecular flexibility index (Phi) is 25.9. The molecule has 2 unspecified atom stereocenters. The molecule has 19 nitrogen and oxygen atoms in total. The van der Waals surface area contributed by atoms with Crippen LogP contribution in [-0.2, 0) is 44.5 Å². The van der Waals surface area contributed by atoms with Gasteiger partial charge in [-0.3, -0.25) is 48.2 Å². The quantitative estimate of drug-likeness (QED) is 0.0180. The van der Waals surface area contributed by atoms with Crippen LogP contribution in [0.15, 0.2) is 23.6 Å². The van der Waals surface area contributed by atoms with Gasteiger partial charge in [0.05, 0.1) is 17.6 Å². The van der Waals surface area contributed by atoms with Gasteiger partial charge in [0.1, 0.15) is 10.7 Å². The summed E-state index contributed by atoms with van der Waals surface area (Å²) >= 11 is 1.09. The van der Waals surface area contributed by atoms with Crippen LogP contribution in [-0.4, -0.2) is 127 Å². The smallest absolute Gasteiger partial charge is 0.481 e. The van der Waals surface area contributed by atoms with Gasteiger partial charge in [0, 0.05) is 80.6 Å². The number of esters is 1. The van der Waals surface area contributed by atoms with E-state index in [0.717, 1.165) is 37.1 Å². The van der Waals surface area contributed by atoms with E-state index in [1.807, 2.05) is 48.6 Å². The van der Waals surface area contributed by atoms with E-state index in [1.165, 1.54) is 37.4 Å². The van der Waals surface area contributed by atoms with Gasteiger partial charge in [-0.15, -0.1) is 11.3 Å². The minimum absolute atomic E-state index is 0.0239. The number of likely N-dealkylation sites (N-methyl/N-ethyl adjacent to an activating group) is 1. The third-order valence-electron chi connectivity index (χ3n) is 13.2. The fourth-order valence-electron chi connectivity index (χ4n) is 8.67. The summed E-state index contributed by atoms with van der Waals surface area (Å²) in [5, 5.41) is 19.8. The van der Waals surface area contributed by atoms with Crippen LogP contribution in [0.1, 0.15) is 153 Å². The van der Waals surface area contributed by atoms with Crippen molar-refractivity contribution in [2.45, 2.75) is 161 Å². The van der Waals surface area contributed by atoms with Gasteiger partial charge in [-0.2, -0.15) is 0 Å². The molecule has 0 aliphatic carbocycles. The molecule has 0 radical (unpaired) electrons. The van der Waals surface area contributed by atoms with Crippen LogP contribution >= 0.6 is 40.7 Å². The third-order valence-corrected chi connectivity index (χ3v) is 18.0. The summed E-state index contributed by atoms with van der Waals surface area (Å²) in [4.78, 5) is 119. The Balaban J connectivity index is 1.82. The van der Waals surface area contributed by atoms with Crippen LogP contribution in [0.3, 0.4) is 0 Å². The number of ketones is 1. The monoisotopic (exact) mass is 1100 g/mol. The molecule has 1 saturated heterocycles. The molecule has 6 N–H and O–H groups in total.